The van der Waals surface area contributed by atoms with E-state index in [1.165, 1.54) is 6.20 Å². The Labute approximate surface area is 81.1 Å². The number of hydrogen-bond acceptors (Lipinski definition) is 3. The minimum Gasteiger partial charge on any atom is -0.356 e. The highest BCUT2D eigenvalue weighted by Crippen LogP contribution is 2.12. The van der Waals surface area contributed by atoms with Crippen LogP contribution in [0.4, 0.5) is 0 Å². The first-order chi connectivity index (χ1) is 6.79. The van der Waals surface area contributed by atoms with E-state index in [-0.39, 0.29) is 11.8 Å². The van der Waals surface area contributed by atoms with Gasteiger partial charge in [-0.1, -0.05) is 0 Å². The predicted molar refractivity (Wildman–Crippen MR) is 48.7 cm³/mol. The van der Waals surface area contributed by atoms with Crippen LogP contribution in [0.3, 0.4) is 0 Å². The number of imidazole rings is 1. The zero-order valence-corrected chi connectivity index (χ0v) is 7.64. The van der Waals surface area contributed by atoms with Gasteiger partial charge in [0.1, 0.15) is 5.69 Å². The number of hydrogen-bond donors (Lipinski definition) is 1. The van der Waals surface area contributed by atoms with Gasteiger partial charge < -0.3 is 9.88 Å². The fourth-order valence-corrected chi connectivity index (χ4v) is 1.65. The number of aromatic nitrogens is 2. The molecule has 0 aromatic carbocycles. The van der Waals surface area contributed by atoms with Crippen LogP contribution in [0.5, 0.6) is 0 Å². The molecule has 0 bridgehead atoms. The average Bonchev–Trinajstić information content (AvgIpc) is 2.76. The van der Waals surface area contributed by atoms with Crippen molar-refractivity contribution in [3.63, 3.8) is 0 Å². The Morgan fingerprint density at radius 3 is 3.21 bits per heavy atom. The van der Waals surface area contributed by atoms with Crippen molar-refractivity contribution in [1.29, 1.82) is 0 Å². The van der Waals surface area contributed by atoms with Crippen molar-refractivity contribution >= 4 is 12.2 Å². The molecule has 1 N–H and O–H groups in total. The molecule has 1 aromatic heterocycles. The smallest absolute Gasteiger partial charge is 0.220 e. The van der Waals surface area contributed by atoms with Gasteiger partial charge in [0.15, 0.2) is 6.29 Å². The summed E-state index contributed by atoms with van der Waals surface area (Å²) in [4.78, 5) is 25.4. The summed E-state index contributed by atoms with van der Waals surface area (Å²) in [5.74, 6) is 0.359. The van der Waals surface area contributed by atoms with Crippen molar-refractivity contribution in [2.24, 2.45) is 5.92 Å². The molecule has 5 heteroatoms. The van der Waals surface area contributed by atoms with Crippen LogP contribution in [0, 0.1) is 5.92 Å². The Hall–Kier alpha value is -1.65. The molecule has 1 saturated heterocycles. The van der Waals surface area contributed by atoms with Crippen molar-refractivity contribution < 1.29 is 9.59 Å². The molecule has 0 spiro atoms. The fourth-order valence-electron chi connectivity index (χ4n) is 1.65. The van der Waals surface area contributed by atoms with Gasteiger partial charge in [0.2, 0.25) is 5.91 Å². The molecule has 0 aliphatic carbocycles. The standard InChI is InChI=1S/C9H11N3O2/c13-5-8-3-10-6-12(8)4-7-1-9(14)11-2-7/h3,5-7H,1-2,4H2,(H,11,14). The van der Waals surface area contributed by atoms with Gasteiger partial charge in [0.25, 0.3) is 0 Å². The van der Waals surface area contributed by atoms with Gasteiger partial charge in [-0.2, -0.15) is 0 Å². The molecule has 0 radical (unpaired) electrons. The molecule has 74 valence electrons. The predicted octanol–water partition coefficient (Wildman–Crippen LogP) is -0.168. The number of carbonyl (C=O) groups excluding carboxylic acids is 2. The second kappa shape index (κ2) is 3.61. The first-order valence-corrected chi connectivity index (χ1v) is 4.51. The van der Waals surface area contributed by atoms with E-state index in [0.717, 1.165) is 6.29 Å². The summed E-state index contributed by atoms with van der Waals surface area (Å²) in [6.07, 6.45) is 4.46. The highest BCUT2D eigenvalue weighted by molar-refractivity contribution is 5.78. The molecule has 1 aliphatic rings. The summed E-state index contributed by atoms with van der Waals surface area (Å²) in [5, 5.41) is 2.76. The minimum atomic E-state index is 0.0859. The number of rotatable bonds is 3. The lowest BCUT2D eigenvalue weighted by Gasteiger charge is -2.08. The normalized spacial score (nSPS) is 20.9. The summed E-state index contributed by atoms with van der Waals surface area (Å²) < 4.78 is 1.78. The quantitative estimate of drug-likeness (QED) is 0.678. The van der Waals surface area contributed by atoms with Crippen LogP contribution in [0.2, 0.25) is 0 Å². The zero-order chi connectivity index (χ0) is 9.97. The largest absolute Gasteiger partial charge is 0.356 e. The molecular formula is C9H11N3O2. The Morgan fingerprint density at radius 2 is 2.57 bits per heavy atom. The lowest BCUT2D eigenvalue weighted by molar-refractivity contribution is -0.119. The fraction of sp³-hybridized carbons (Fsp3) is 0.444. The first-order valence-electron chi connectivity index (χ1n) is 4.51. The average molecular weight is 193 g/mol. The molecule has 2 rings (SSSR count). The van der Waals surface area contributed by atoms with Crippen LogP contribution in [0.15, 0.2) is 12.5 Å². The lowest BCUT2D eigenvalue weighted by atomic mass is 10.1. The van der Waals surface area contributed by atoms with Crippen molar-refractivity contribution in [3.8, 4) is 0 Å². The van der Waals surface area contributed by atoms with Crippen LogP contribution >= 0.6 is 0 Å². The van der Waals surface area contributed by atoms with Gasteiger partial charge in [-0.05, 0) is 0 Å². The number of aldehydes is 1. The van der Waals surface area contributed by atoms with Gasteiger partial charge in [-0.3, -0.25) is 9.59 Å². The Balaban J connectivity index is 2.03. The number of carbonyl (C=O) groups is 2. The summed E-state index contributed by atoms with van der Waals surface area (Å²) in [6, 6.07) is 0. The van der Waals surface area contributed by atoms with Crippen molar-refractivity contribution in [1.82, 2.24) is 14.9 Å². The maximum atomic E-state index is 10.9. The van der Waals surface area contributed by atoms with Crippen LogP contribution in [-0.4, -0.2) is 28.3 Å². The van der Waals surface area contributed by atoms with Crippen molar-refractivity contribution in [2.75, 3.05) is 6.54 Å². The van der Waals surface area contributed by atoms with E-state index in [1.54, 1.807) is 10.9 Å². The molecule has 1 atom stereocenters. The van der Waals surface area contributed by atoms with Crippen LogP contribution in [0.25, 0.3) is 0 Å². The van der Waals surface area contributed by atoms with Crippen molar-refractivity contribution in [3.05, 3.63) is 18.2 Å². The molecule has 1 amide bonds. The summed E-state index contributed by atoms with van der Waals surface area (Å²) in [5.41, 5.74) is 0.560. The third-order valence-electron chi connectivity index (χ3n) is 2.38. The molecule has 0 saturated carbocycles. The Morgan fingerprint density at radius 1 is 1.71 bits per heavy atom. The molecular weight excluding hydrogens is 182 g/mol. The van der Waals surface area contributed by atoms with E-state index in [2.05, 4.69) is 10.3 Å². The van der Waals surface area contributed by atoms with E-state index >= 15 is 0 Å². The van der Waals surface area contributed by atoms with Gasteiger partial charge >= 0.3 is 0 Å². The second-order valence-electron chi connectivity index (χ2n) is 3.46. The van der Waals surface area contributed by atoms with Crippen LogP contribution in [-0.2, 0) is 11.3 Å². The monoisotopic (exact) mass is 193 g/mol. The highest BCUT2D eigenvalue weighted by atomic mass is 16.1. The van der Waals surface area contributed by atoms with Gasteiger partial charge in [-0.15, -0.1) is 0 Å². The van der Waals surface area contributed by atoms with E-state index in [9.17, 15) is 9.59 Å². The third kappa shape index (κ3) is 1.66. The molecule has 1 aromatic rings. The third-order valence-corrected chi connectivity index (χ3v) is 2.38. The first kappa shape index (κ1) is 8.93. The topological polar surface area (TPSA) is 64.0 Å². The van der Waals surface area contributed by atoms with E-state index < -0.39 is 0 Å². The molecule has 1 aliphatic heterocycles. The number of nitrogens with zero attached hydrogens (tertiary/aromatic N) is 2. The molecule has 2 heterocycles. The number of nitrogens with one attached hydrogen (secondary N) is 1. The maximum Gasteiger partial charge on any atom is 0.220 e. The van der Waals surface area contributed by atoms with Crippen LogP contribution in [0.1, 0.15) is 16.9 Å². The van der Waals surface area contributed by atoms with E-state index in [1.807, 2.05) is 0 Å². The molecule has 1 fully saturated rings. The number of amides is 1. The summed E-state index contributed by atoms with van der Waals surface area (Å²) >= 11 is 0. The molecule has 1 unspecified atom stereocenters. The lowest BCUT2D eigenvalue weighted by Crippen LogP contribution is -2.16. The van der Waals surface area contributed by atoms with Gasteiger partial charge in [0.05, 0.1) is 12.5 Å². The summed E-state index contributed by atoms with van der Waals surface area (Å²) in [6.45, 7) is 1.36. The Bertz CT molecular complexity index is 359. The SMILES string of the molecule is O=Cc1cncn1CC1CNC(=O)C1. The second-order valence-corrected chi connectivity index (χ2v) is 3.46. The van der Waals surface area contributed by atoms with E-state index in [4.69, 9.17) is 0 Å². The molecule has 14 heavy (non-hydrogen) atoms. The van der Waals surface area contributed by atoms with Crippen molar-refractivity contribution in [2.45, 2.75) is 13.0 Å². The summed E-state index contributed by atoms with van der Waals surface area (Å²) in [7, 11) is 0. The molecule has 5 nitrogen and oxygen atoms in total. The zero-order valence-electron chi connectivity index (χ0n) is 7.64. The van der Waals surface area contributed by atoms with E-state index in [0.29, 0.717) is 25.2 Å². The Kier molecular flexibility index (Phi) is 2.30. The highest BCUT2D eigenvalue weighted by Gasteiger charge is 2.22. The van der Waals surface area contributed by atoms with Gasteiger partial charge in [-0.25, -0.2) is 4.98 Å². The van der Waals surface area contributed by atoms with Crippen LogP contribution < -0.4 is 5.32 Å². The minimum absolute atomic E-state index is 0.0859. The maximum absolute atomic E-state index is 10.9. The van der Waals surface area contributed by atoms with Gasteiger partial charge in [0, 0.05) is 25.4 Å².